The first kappa shape index (κ1) is 16.6. The number of carbonyl (C=O) groups is 1. The van der Waals surface area contributed by atoms with Gasteiger partial charge in [-0.3, -0.25) is 0 Å². The molecule has 0 spiro atoms. The normalized spacial score (nSPS) is 23.8. The first-order valence-corrected chi connectivity index (χ1v) is 5.31. The van der Waals surface area contributed by atoms with Crippen molar-refractivity contribution in [1.82, 2.24) is 5.01 Å². The summed E-state index contributed by atoms with van der Waals surface area (Å²) in [5.74, 6) is 0. The lowest BCUT2D eigenvalue weighted by molar-refractivity contribution is -0.469. The van der Waals surface area contributed by atoms with Gasteiger partial charge in [0.15, 0.2) is 0 Å². The van der Waals surface area contributed by atoms with E-state index in [1.807, 2.05) is 0 Å². The molecule has 0 bridgehead atoms. The number of hydrazone groups is 1. The summed E-state index contributed by atoms with van der Waals surface area (Å²) in [5.41, 5.74) is -3.80. The Morgan fingerprint density at radius 2 is 2.00 bits per heavy atom. The molecule has 0 aromatic heterocycles. The van der Waals surface area contributed by atoms with Crippen LogP contribution in [0.25, 0.3) is 0 Å². The van der Waals surface area contributed by atoms with Gasteiger partial charge in [-0.05, 0) is 13.8 Å². The number of aliphatic hydroxyl groups is 1. The Bertz CT molecular complexity index is 425. The molecule has 0 unspecified atom stereocenters. The molecule has 1 rings (SSSR count). The Balaban J connectivity index is 3.09. The first-order valence-electron chi connectivity index (χ1n) is 5.31. The van der Waals surface area contributed by atoms with Crippen LogP contribution in [-0.2, 0) is 9.47 Å². The zero-order valence-electron chi connectivity index (χ0n) is 10.4. The van der Waals surface area contributed by atoms with Gasteiger partial charge in [-0.2, -0.15) is 18.9 Å². The number of halogens is 5. The van der Waals surface area contributed by atoms with Gasteiger partial charge in [0.2, 0.25) is 0 Å². The summed E-state index contributed by atoms with van der Waals surface area (Å²) in [6.07, 6.45) is -13.4. The number of hydrogen-bond acceptors (Lipinski definition) is 5. The Hall–Kier alpha value is -1.49. The van der Waals surface area contributed by atoms with E-state index in [9.17, 15) is 31.9 Å². The van der Waals surface area contributed by atoms with Crippen molar-refractivity contribution in [2.75, 3.05) is 6.61 Å². The molecule has 1 amide bonds. The molecule has 6 nitrogen and oxygen atoms in total. The topological polar surface area (TPSA) is 71.4 Å². The number of rotatable bonds is 3. The van der Waals surface area contributed by atoms with Crippen LogP contribution in [0.2, 0.25) is 0 Å². The monoisotopic (exact) mass is 306 g/mol. The van der Waals surface area contributed by atoms with Crippen LogP contribution in [-0.4, -0.2) is 46.7 Å². The van der Waals surface area contributed by atoms with Crippen LogP contribution in [0.1, 0.15) is 20.3 Å². The highest BCUT2D eigenvalue weighted by Crippen LogP contribution is 2.43. The average molecular weight is 306 g/mol. The number of hydrogen-bond donors (Lipinski definition) is 1. The van der Waals surface area contributed by atoms with Crippen LogP contribution >= 0.6 is 0 Å². The van der Waals surface area contributed by atoms with Crippen LogP contribution < -0.4 is 0 Å². The highest BCUT2D eigenvalue weighted by Gasteiger charge is 2.67. The van der Waals surface area contributed by atoms with Gasteiger partial charge in [-0.25, -0.2) is 9.53 Å². The Morgan fingerprint density at radius 1 is 1.45 bits per heavy atom. The molecule has 1 N–H and O–H groups in total. The Labute approximate surface area is 109 Å². The first-order chi connectivity index (χ1) is 8.93. The second kappa shape index (κ2) is 5.13. The predicted octanol–water partition coefficient (Wildman–Crippen LogP) is 2.04. The van der Waals surface area contributed by atoms with E-state index in [2.05, 4.69) is 14.6 Å². The quantitative estimate of drug-likeness (QED) is 0.810. The molecule has 0 aromatic rings. The fourth-order valence-corrected chi connectivity index (χ4v) is 1.55. The van der Waals surface area contributed by atoms with E-state index in [-0.39, 0.29) is 17.3 Å². The third-order valence-electron chi connectivity index (χ3n) is 2.27. The van der Waals surface area contributed by atoms with E-state index in [0.717, 1.165) is 6.92 Å². The number of carbonyl (C=O) groups excluding carboxylic acids is 1. The van der Waals surface area contributed by atoms with Crippen molar-refractivity contribution in [1.29, 1.82) is 0 Å². The zero-order chi connectivity index (χ0) is 15.8. The largest absolute Gasteiger partial charge is 0.527 e. The molecule has 1 heterocycles. The van der Waals surface area contributed by atoms with Crippen LogP contribution in [0.4, 0.5) is 26.7 Å². The van der Waals surface area contributed by atoms with Gasteiger partial charge < -0.3 is 9.84 Å². The average Bonchev–Trinajstić information content (AvgIpc) is 2.52. The highest BCUT2D eigenvalue weighted by atomic mass is 19.4. The minimum absolute atomic E-state index is 0.189. The Morgan fingerprint density at radius 3 is 2.45 bits per heavy atom. The van der Waals surface area contributed by atoms with E-state index in [1.54, 1.807) is 0 Å². The van der Waals surface area contributed by atoms with Crippen LogP contribution in [0, 0.1) is 0 Å². The lowest BCUT2D eigenvalue weighted by Crippen LogP contribution is -2.61. The molecular formula is C9H11F5N2O4. The predicted molar refractivity (Wildman–Crippen MR) is 53.6 cm³/mol. The van der Waals surface area contributed by atoms with E-state index in [0.29, 0.717) is 0 Å². The van der Waals surface area contributed by atoms with Crippen molar-refractivity contribution < 1.29 is 41.3 Å². The number of ether oxygens (including phenoxy) is 2. The van der Waals surface area contributed by atoms with Crippen molar-refractivity contribution in [3.63, 3.8) is 0 Å². The van der Waals surface area contributed by atoms with Crippen molar-refractivity contribution >= 4 is 11.8 Å². The molecule has 1 atom stereocenters. The molecule has 0 radical (unpaired) electrons. The van der Waals surface area contributed by atoms with E-state index in [4.69, 9.17) is 0 Å². The number of nitrogens with zero attached hydrogens (tertiary/aromatic N) is 2. The summed E-state index contributed by atoms with van der Waals surface area (Å²) in [6.45, 7) is 2.24. The van der Waals surface area contributed by atoms with Crippen LogP contribution in [0.15, 0.2) is 5.10 Å². The van der Waals surface area contributed by atoms with E-state index >= 15 is 0 Å². The van der Waals surface area contributed by atoms with Crippen molar-refractivity contribution in [3.05, 3.63) is 0 Å². The molecular weight excluding hydrogens is 295 g/mol. The van der Waals surface area contributed by atoms with Crippen LogP contribution in [0.3, 0.4) is 0 Å². The van der Waals surface area contributed by atoms with E-state index in [1.165, 1.54) is 6.92 Å². The highest BCUT2D eigenvalue weighted by molar-refractivity contribution is 5.87. The summed E-state index contributed by atoms with van der Waals surface area (Å²) in [6, 6.07) is 0. The van der Waals surface area contributed by atoms with Gasteiger partial charge in [0.05, 0.1) is 6.61 Å². The molecule has 0 fully saturated rings. The summed E-state index contributed by atoms with van der Waals surface area (Å²) >= 11 is 0. The minimum atomic E-state index is -5.71. The van der Waals surface area contributed by atoms with Gasteiger partial charge in [-0.15, -0.1) is 13.2 Å². The number of alkyl halides is 5. The molecule has 11 heteroatoms. The molecule has 0 saturated carbocycles. The van der Waals surface area contributed by atoms with Gasteiger partial charge in [0.1, 0.15) is 0 Å². The molecule has 116 valence electrons. The van der Waals surface area contributed by atoms with Gasteiger partial charge in [-0.1, -0.05) is 0 Å². The Kier molecular flexibility index (Phi) is 4.25. The SMILES string of the molecule is CCOC(=O)N1N=C(C)C[C@@]1(O)C(F)(F)OC(F)(F)F. The maximum atomic E-state index is 13.5. The van der Waals surface area contributed by atoms with E-state index < -0.39 is 30.7 Å². The minimum Gasteiger partial charge on any atom is -0.448 e. The summed E-state index contributed by atoms with van der Waals surface area (Å²) in [5, 5.41) is 12.7. The second-order valence-corrected chi connectivity index (χ2v) is 3.90. The molecule has 20 heavy (non-hydrogen) atoms. The summed E-state index contributed by atoms with van der Waals surface area (Å²) < 4.78 is 69.9. The third-order valence-corrected chi connectivity index (χ3v) is 2.27. The smallest absolute Gasteiger partial charge is 0.448 e. The molecule has 0 aromatic carbocycles. The van der Waals surface area contributed by atoms with Gasteiger partial charge in [0.25, 0.3) is 5.72 Å². The second-order valence-electron chi connectivity index (χ2n) is 3.90. The molecule has 0 aliphatic carbocycles. The summed E-state index contributed by atoms with van der Waals surface area (Å²) in [4.78, 5) is 11.4. The van der Waals surface area contributed by atoms with Crippen molar-refractivity contribution in [2.24, 2.45) is 5.10 Å². The summed E-state index contributed by atoms with van der Waals surface area (Å²) in [7, 11) is 0. The maximum Gasteiger partial charge on any atom is 0.527 e. The van der Waals surface area contributed by atoms with Crippen LogP contribution in [0.5, 0.6) is 0 Å². The third kappa shape index (κ3) is 3.15. The van der Waals surface area contributed by atoms with Crippen molar-refractivity contribution in [3.8, 4) is 0 Å². The van der Waals surface area contributed by atoms with Crippen molar-refractivity contribution in [2.45, 2.75) is 38.5 Å². The lowest BCUT2D eigenvalue weighted by Gasteiger charge is -2.35. The standard InChI is InChI=1S/C9H11F5N2O4/c1-3-19-6(17)16-7(18,4-5(2)15-16)8(10,11)20-9(12,13)14/h18H,3-4H2,1-2H3/t7-/m1/s1. The molecule has 0 saturated heterocycles. The maximum absolute atomic E-state index is 13.5. The molecule has 1 aliphatic rings. The fraction of sp³-hybridized carbons (Fsp3) is 0.778. The number of amides is 1. The molecule has 1 aliphatic heterocycles. The lowest BCUT2D eigenvalue weighted by atomic mass is 10.1. The zero-order valence-corrected chi connectivity index (χ0v) is 10.4. The fourth-order valence-electron chi connectivity index (χ4n) is 1.55. The van der Waals surface area contributed by atoms with Gasteiger partial charge in [0, 0.05) is 12.1 Å². The van der Waals surface area contributed by atoms with Gasteiger partial charge >= 0.3 is 18.6 Å².